The molecule has 0 aliphatic carbocycles. The molecule has 0 atom stereocenters. The number of hydrogen-bond donors (Lipinski definition) is 1. The quantitative estimate of drug-likeness (QED) is 0.805. The van der Waals surface area contributed by atoms with E-state index in [4.69, 9.17) is 0 Å². The molecule has 2 aromatic rings. The summed E-state index contributed by atoms with van der Waals surface area (Å²) < 4.78 is 0. The Bertz CT molecular complexity index is 621. The summed E-state index contributed by atoms with van der Waals surface area (Å²) in [6, 6.07) is 18.3. The molecule has 4 nitrogen and oxygen atoms in total. The molecular weight excluding hydrogens is 298 g/mol. The summed E-state index contributed by atoms with van der Waals surface area (Å²) in [5.41, 5.74) is 3.31. The van der Waals surface area contributed by atoms with Crippen LogP contribution in [0.25, 0.3) is 0 Å². The van der Waals surface area contributed by atoms with Gasteiger partial charge in [0.05, 0.1) is 6.54 Å². The van der Waals surface area contributed by atoms with Crippen molar-refractivity contribution in [1.82, 2.24) is 4.90 Å². The number of nitrogens with zero attached hydrogens (tertiary/aromatic N) is 2. The fraction of sp³-hybridized carbons (Fsp3) is 0.350. The second kappa shape index (κ2) is 8.96. The summed E-state index contributed by atoms with van der Waals surface area (Å²) in [6.07, 6.45) is 0. The van der Waals surface area contributed by atoms with Crippen molar-refractivity contribution >= 4 is 17.3 Å². The molecule has 0 radical (unpaired) electrons. The van der Waals surface area contributed by atoms with Gasteiger partial charge in [-0.15, -0.1) is 0 Å². The molecule has 4 heteroatoms. The summed E-state index contributed by atoms with van der Waals surface area (Å²) >= 11 is 0. The van der Waals surface area contributed by atoms with Gasteiger partial charge in [-0.1, -0.05) is 30.3 Å². The lowest BCUT2D eigenvalue weighted by molar-refractivity contribution is -0.128. The topological polar surface area (TPSA) is 35.6 Å². The van der Waals surface area contributed by atoms with Gasteiger partial charge in [0.1, 0.15) is 0 Å². The van der Waals surface area contributed by atoms with Crippen molar-refractivity contribution in [3.8, 4) is 0 Å². The summed E-state index contributed by atoms with van der Waals surface area (Å²) in [4.78, 5) is 16.3. The predicted molar refractivity (Wildman–Crippen MR) is 101 cm³/mol. The van der Waals surface area contributed by atoms with Gasteiger partial charge in [-0.25, -0.2) is 0 Å². The van der Waals surface area contributed by atoms with Crippen molar-refractivity contribution in [1.29, 1.82) is 0 Å². The van der Waals surface area contributed by atoms with Crippen LogP contribution >= 0.6 is 0 Å². The minimum atomic E-state index is 0.0756. The van der Waals surface area contributed by atoms with Crippen LogP contribution in [-0.2, 0) is 11.3 Å². The molecule has 0 heterocycles. The smallest absolute Gasteiger partial charge is 0.241 e. The molecule has 0 saturated heterocycles. The number of anilines is 2. The highest BCUT2D eigenvalue weighted by molar-refractivity contribution is 5.80. The van der Waals surface area contributed by atoms with Crippen LogP contribution in [-0.4, -0.2) is 37.5 Å². The second-order valence-electron chi connectivity index (χ2n) is 5.81. The van der Waals surface area contributed by atoms with Crippen LogP contribution < -0.4 is 10.2 Å². The molecule has 0 bridgehead atoms. The monoisotopic (exact) mass is 325 g/mol. The number of amides is 1. The van der Waals surface area contributed by atoms with Crippen LogP contribution in [0.5, 0.6) is 0 Å². The molecule has 0 saturated carbocycles. The van der Waals surface area contributed by atoms with Gasteiger partial charge in [0.25, 0.3) is 0 Å². The molecule has 0 aromatic heterocycles. The number of rotatable bonds is 8. The normalized spacial score (nSPS) is 10.3. The molecule has 1 amide bonds. The van der Waals surface area contributed by atoms with Crippen LogP contribution in [0.3, 0.4) is 0 Å². The third-order valence-corrected chi connectivity index (χ3v) is 4.13. The Labute approximate surface area is 145 Å². The maximum absolute atomic E-state index is 12.2. The minimum absolute atomic E-state index is 0.0756. The van der Waals surface area contributed by atoms with E-state index in [2.05, 4.69) is 36.2 Å². The Kier molecular flexibility index (Phi) is 6.67. The molecule has 0 aliphatic heterocycles. The van der Waals surface area contributed by atoms with Crippen molar-refractivity contribution in [3.05, 3.63) is 60.2 Å². The van der Waals surface area contributed by atoms with Gasteiger partial charge in [0.2, 0.25) is 5.91 Å². The SMILES string of the molecule is CCN(CC)c1ccc(NCC(=O)N(C)Cc2ccccc2)cc1. The Morgan fingerprint density at radius 2 is 1.58 bits per heavy atom. The van der Waals surface area contributed by atoms with Gasteiger partial charge in [-0.05, 0) is 43.7 Å². The van der Waals surface area contributed by atoms with Crippen molar-refractivity contribution in [2.24, 2.45) is 0 Å². The molecule has 0 aliphatic rings. The van der Waals surface area contributed by atoms with Crippen LogP contribution in [0, 0.1) is 0 Å². The van der Waals surface area contributed by atoms with Crippen molar-refractivity contribution in [2.75, 3.05) is 36.9 Å². The summed E-state index contributed by atoms with van der Waals surface area (Å²) in [6.45, 7) is 7.21. The minimum Gasteiger partial charge on any atom is -0.376 e. The van der Waals surface area contributed by atoms with E-state index in [1.807, 2.05) is 49.5 Å². The maximum Gasteiger partial charge on any atom is 0.241 e. The first-order valence-corrected chi connectivity index (χ1v) is 8.50. The van der Waals surface area contributed by atoms with Gasteiger partial charge in [0.15, 0.2) is 0 Å². The van der Waals surface area contributed by atoms with Gasteiger partial charge in [-0.2, -0.15) is 0 Å². The zero-order chi connectivity index (χ0) is 17.4. The lowest BCUT2D eigenvalue weighted by Gasteiger charge is -2.21. The molecule has 128 valence electrons. The van der Waals surface area contributed by atoms with Crippen LogP contribution in [0.1, 0.15) is 19.4 Å². The Balaban J connectivity index is 1.85. The van der Waals surface area contributed by atoms with E-state index in [9.17, 15) is 4.79 Å². The maximum atomic E-state index is 12.2. The Morgan fingerprint density at radius 3 is 2.17 bits per heavy atom. The first kappa shape index (κ1) is 17.9. The summed E-state index contributed by atoms with van der Waals surface area (Å²) in [5.74, 6) is 0.0756. The largest absolute Gasteiger partial charge is 0.376 e. The van der Waals surface area contributed by atoms with E-state index in [1.54, 1.807) is 4.90 Å². The van der Waals surface area contributed by atoms with E-state index in [1.165, 1.54) is 5.69 Å². The van der Waals surface area contributed by atoms with E-state index in [-0.39, 0.29) is 5.91 Å². The average Bonchev–Trinajstić information content (AvgIpc) is 2.62. The highest BCUT2D eigenvalue weighted by Crippen LogP contribution is 2.17. The third kappa shape index (κ3) is 5.01. The first-order valence-electron chi connectivity index (χ1n) is 8.50. The highest BCUT2D eigenvalue weighted by Gasteiger charge is 2.09. The number of carbonyl (C=O) groups is 1. The molecule has 0 unspecified atom stereocenters. The predicted octanol–water partition coefficient (Wildman–Crippen LogP) is 3.60. The van der Waals surface area contributed by atoms with Gasteiger partial charge in [0, 0.05) is 38.1 Å². The lowest BCUT2D eigenvalue weighted by Crippen LogP contribution is -2.31. The first-order chi connectivity index (χ1) is 11.6. The third-order valence-electron chi connectivity index (χ3n) is 4.13. The Hall–Kier alpha value is -2.49. The zero-order valence-electron chi connectivity index (χ0n) is 14.8. The zero-order valence-corrected chi connectivity index (χ0v) is 14.8. The standard InChI is InChI=1S/C20H27N3O/c1-4-23(5-2)19-13-11-18(12-14-19)21-15-20(24)22(3)16-17-9-7-6-8-10-17/h6-14,21H,4-5,15-16H2,1-3H3. The average molecular weight is 325 g/mol. The highest BCUT2D eigenvalue weighted by atomic mass is 16.2. The number of nitrogens with one attached hydrogen (secondary N) is 1. The van der Waals surface area contributed by atoms with Crippen LogP contribution in [0.4, 0.5) is 11.4 Å². The molecule has 2 rings (SSSR count). The van der Waals surface area contributed by atoms with E-state index in [0.717, 1.165) is 24.3 Å². The van der Waals surface area contributed by atoms with Gasteiger partial charge < -0.3 is 15.1 Å². The molecular formula is C20H27N3O. The van der Waals surface area contributed by atoms with Crippen molar-refractivity contribution in [3.63, 3.8) is 0 Å². The number of likely N-dealkylation sites (N-methyl/N-ethyl adjacent to an activating group) is 1. The van der Waals surface area contributed by atoms with Crippen molar-refractivity contribution in [2.45, 2.75) is 20.4 Å². The van der Waals surface area contributed by atoms with E-state index in [0.29, 0.717) is 13.1 Å². The molecule has 0 fully saturated rings. The molecule has 0 spiro atoms. The number of hydrogen-bond acceptors (Lipinski definition) is 3. The molecule has 24 heavy (non-hydrogen) atoms. The lowest BCUT2D eigenvalue weighted by atomic mass is 10.2. The summed E-state index contributed by atoms with van der Waals surface area (Å²) in [5, 5.41) is 3.20. The van der Waals surface area contributed by atoms with Crippen molar-refractivity contribution < 1.29 is 4.79 Å². The van der Waals surface area contributed by atoms with Gasteiger partial charge in [-0.3, -0.25) is 4.79 Å². The second-order valence-corrected chi connectivity index (χ2v) is 5.81. The number of benzene rings is 2. The van der Waals surface area contributed by atoms with E-state index >= 15 is 0 Å². The van der Waals surface area contributed by atoms with Crippen LogP contribution in [0.2, 0.25) is 0 Å². The summed E-state index contributed by atoms with van der Waals surface area (Å²) in [7, 11) is 1.83. The Morgan fingerprint density at radius 1 is 0.958 bits per heavy atom. The fourth-order valence-corrected chi connectivity index (χ4v) is 2.64. The van der Waals surface area contributed by atoms with Crippen LogP contribution in [0.15, 0.2) is 54.6 Å². The number of carbonyl (C=O) groups excluding carboxylic acids is 1. The molecule has 1 N–H and O–H groups in total. The van der Waals surface area contributed by atoms with E-state index < -0.39 is 0 Å². The molecule has 2 aromatic carbocycles. The fourth-order valence-electron chi connectivity index (χ4n) is 2.64. The van der Waals surface area contributed by atoms with Gasteiger partial charge >= 0.3 is 0 Å².